The van der Waals surface area contributed by atoms with E-state index in [4.69, 9.17) is 14.7 Å². The number of carbonyl (C=O) groups is 2. The van der Waals surface area contributed by atoms with Gasteiger partial charge in [0, 0.05) is 55.1 Å². The summed E-state index contributed by atoms with van der Waals surface area (Å²) in [6, 6.07) is 6.65. The number of Topliss-reactive ketones (excluding diaryl/α,β-unsaturated/α-hetero) is 1. The number of carboxylic acids is 1. The third-order valence-corrected chi connectivity index (χ3v) is 10.7. The van der Waals surface area contributed by atoms with Gasteiger partial charge in [0.2, 0.25) is 0 Å². The van der Waals surface area contributed by atoms with E-state index in [1.54, 1.807) is 11.3 Å². The first-order valence-corrected chi connectivity index (χ1v) is 17.1. The molecule has 0 unspecified atom stereocenters. The zero-order valence-electron chi connectivity index (χ0n) is 27.7. The molecule has 1 aromatic carbocycles. The smallest absolute Gasteiger partial charge is 0.337 e. The van der Waals surface area contributed by atoms with E-state index in [0.717, 1.165) is 96.5 Å². The van der Waals surface area contributed by atoms with Gasteiger partial charge < -0.3 is 19.6 Å². The Labute approximate surface area is 270 Å². The summed E-state index contributed by atoms with van der Waals surface area (Å²) in [5.41, 5.74) is 8.35. The molecule has 1 N–H and O–H groups in total. The van der Waals surface area contributed by atoms with E-state index < -0.39 is 17.7 Å². The van der Waals surface area contributed by atoms with Gasteiger partial charge in [-0.1, -0.05) is 43.4 Å². The lowest BCUT2D eigenvalue weighted by Crippen LogP contribution is -2.39. The molecule has 240 valence electrons. The van der Waals surface area contributed by atoms with Gasteiger partial charge in [0.25, 0.3) is 0 Å². The number of hydrogen-bond acceptors (Lipinski definition) is 8. The van der Waals surface area contributed by atoms with Crippen LogP contribution in [0.3, 0.4) is 0 Å². The van der Waals surface area contributed by atoms with E-state index in [0.29, 0.717) is 17.7 Å². The Morgan fingerprint density at radius 1 is 1.00 bits per heavy atom. The highest BCUT2D eigenvalue weighted by Gasteiger charge is 2.37. The zero-order chi connectivity index (χ0) is 32.3. The van der Waals surface area contributed by atoms with Crippen LogP contribution in [-0.4, -0.2) is 52.1 Å². The van der Waals surface area contributed by atoms with Crippen molar-refractivity contribution < 1.29 is 19.4 Å². The summed E-state index contributed by atoms with van der Waals surface area (Å²) in [4.78, 5) is 40.6. The number of benzene rings is 1. The average Bonchev–Trinajstić information content (AvgIpc) is 3.41. The van der Waals surface area contributed by atoms with E-state index in [2.05, 4.69) is 41.8 Å². The van der Waals surface area contributed by atoms with Crippen molar-refractivity contribution >= 4 is 33.9 Å². The summed E-state index contributed by atoms with van der Waals surface area (Å²) in [6.07, 6.45) is 4.18. The van der Waals surface area contributed by atoms with Gasteiger partial charge in [0.15, 0.2) is 17.0 Å². The summed E-state index contributed by atoms with van der Waals surface area (Å²) >= 11 is 1.55. The highest BCUT2D eigenvalue weighted by atomic mass is 32.1. The van der Waals surface area contributed by atoms with E-state index in [-0.39, 0.29) is 11.2 Å². The average molecular weight is 631 g/mol. The Hall–Kier alpha value is -3.30. The van der Waals surface area contributed by atoms with Crippen molar-refractivity contribution in [2.75, 3.05) is 29.4 Å². The number of aryl methyl sites for hydroxylation is 3. The normalized spacial score (nSPS) is 18.9. The first-order chi connectivity index (χ1) is 21.2. The lowest BCUT2D eigenvalue weighted by atomic mass is 9.81. The molecular formula is C36H46N4O4S. The molecule has 9 heteroatoms. The number of fused-ring (bicyclic) bond motifs is 2. The maximum absolute atomic E-state index is 12.8. The minimum Gasteiger partial charge on any atom is -0.479 e. The molecule has 0 bridgehead atoms. The van der Waals surface area contributed by atoms with Crippen LogP contribution in [0, 0.1) is 19.3 Å². The van der Waals surface area contributed by atoms with Gasteiger partial charge in [-0.05, 0) is 88.8 Å². The predicted octanol–water partition coefficient (Wildman–Crippen LogP) is 7.47. The standard InChI is InChI=1S/C36H46N4O4S/c1-21-28(24-11-12-25-20-40(16-13-23(25)19-24)34-38-26-9-8-10-27(41)32(26)45-34)30(39-17-14-36(6,7)15-18-39)29(22(2)37-21)31(33(42)43)44-35(3,4)5/h11-12,19,31H,8-10,13-18,20H2,1-7H3,(H,42,43)/t31-/m0/s1. The molecular weight excluding hydrogens is 584 g/mol. The molecule has 3 aliphatic rings. The zero-order valence-corrected chi connectivity index (χ0v) is 28.6. The number of carboxylic acid groups (broad SMARTS) is 1. The fourth-order valence-electron chi connectivity index (χ4n) is 7.02. The first-order valence-electron chi connectivity index (χ1n) is 16.3. The number of anilines is 2. The monoisotopic (exact) mass is 630 g/mol. The molecule has 0 amide bonds. The molecule has 0 saturated carbocycles. The number of rotatable bonds is 6. The maximum atomic E-state index is 12.8. The summed E-state index contributed by atoms with van der Waals surface area (Å²) in [5.74, 6) is -0.770. The van der Waals surface area contributed by atoms with Crippen molar-refractivity contribution in [2.24, 2.45) is 5.41 Å². The van der Waals surface area contributed by atoms with Gasteiger partial charge in [0.05, 0.1) is 21.9 Å². The largest absolute Gasteiger partial charge is 0.479 e. The van der Waals surface area contributed by atoms with E-state index in [1.165, 1.54) is 11.1 Å². The van der Waals surface area contributed by atoms with Gasteiger partial charge in [-0.2, -0.15) is 0 Å². The number of carbonyl (C=O) groups excluding carboxylic acids is 1. The molecule has 3 aromatic rings. The Balaban J connectivity index is 1.41. The quantitative estimate of drug-likeness (QED) is 0.300. The molecule has 1 fully saturated rings. The number of ether oxygens (including phenoxy) is 1. The van der Waals surface area contributed by atoms with Gasteiger partial charge in [-0.15, -0.1) is 0 Å². The highest BCUT2D eigenvalue weighted by molar-refractivity contribution is 7.17. The number of hydrogen-bond donors (Lipinski definition) is 1. The van der Waals surface area contributed by atoms with E-state index in [1.807, 2.05) is 34.6 Å². The number of aromatic nitrogens is 2. The predicted molar refractivity (Wildman–Crippen MR) is 180 cm³/mol. The number of ketones is 1. The van der Waals surface area contributed by atoms with Crippen molar-refractivity contribution in [1.29, 1.82) is 0 Å². The highest BCUT2D eigenvalue weighted by Crippen LogP contribution is 2.45. The van der Waals surface area contributed by atoms with E-state index in [9.17, 15) is 14.7 Å². The van der Waals surface area contributed by atoms with Crippen LogP contribution in [-0.2, 0) is 28.9 Å². The van der Waals surface area contributed by atoms with Crippen LogP contribution in [0.2, 0.25) is 0 Å². The van der Waals surface area contributed by atoms with Crippen LogP contribution >= 0.6 is 11.3 Å². The Morgan fingerprint density at radius 3 is 2.40 bits per heavy atom. The second-order valence-corrected chi connectivity index (χ2v) is 15.7. The molecule has 2 aliphatic heterocycles. The number of piperidine rings is 1. The SMILES string of the molecule is Cc1nc(C)c([C@H](OC(C)(C)C)C(=O)O)c(N2CCC(C)(C)CC2)c1-c1ccc2c(c1)CCN(c1nc3c(s1)C(=O)CCC3)C2. The summed E-state index contributed by atoms with van der Waals surface area (Å²) in [5, 5.41) is 11.4. The maximum Gasteiger partial charge on any atom is 0.337 e. The van der Waals surface area contributed by atoms with Crippen molar-refractivity contribution in [2.45, 2.75) is 105 Å². The summed E-state index contributed by atoms with van der Waals surface area (Å²) in [7, 11) is 0. The minimum absolute atomic E-state index is 0.231. The number of pyridine rings is 1. The molecule has 1 atom stereocenters. The molecule has 2 aromatic heterocycles. The Morgan fingerprint density at radius 2 is 1.73 bits per heavy atom. The molecule has 4 heterocycles. The van der Waals surface area contributed by atoms with Crippen LogP contribution in [0.4, 0.5) is 10.8 Å². The van der Waals surface area contributed by atoms with Crippen molar-refractivity contribution in [3.63, 3.8) is 0 Å². The molecule has 0 radical (unpaired) electrons. The van der Waals surface area contributed by atoms with Crippen LogP contribution < -0.4 is 9.80 Å². The number of thiazole rings is 1. The third kappa shape index (κ3) is 6.39. The van der Waals surface area contributed by atoms with Crippen LogP contribution in [0.15, 0.2) is 18.2 Å². The van der Waals surface area contributed by atoms with Crippen LogP contribution in [0.1, 0.15) is 110 Å². The second kappa shape index (κ2) is 11.8. The topological polar surface area (TPSA) is 95.9 Å². The lowest BCUT2D eigenvalue weighted by Gasteiger charge is -2.41. The third-order valence-electron chi connectivity index (χ3n) is 9.50. The minimum atomic E-state index is -1.14. The van der Waals surface area contributed by atoms with Gasteiger partial charge >= 0.3 is 5.97 Å². The molecule has 1 aliphatic carbocycles. The molecule has 6 rings (SSSR count). The summed E-state index contributed by atoms with van der Waals surface area (Å²) < 4.78 is 6.25. The fraction of sp³-hybridized carbons (Fsp3) is 0.556. The molecule has 8 nitrogen and oxygen atoms in total. The van der Waals surface area contributed by atoms with Crippen molar-refractivity contribution in [3.8, 4) is 11.1 Å². The van der Waals surface area contributed by atoms with Crippen LogP contribution in [0.5, 0.6) is 0 Å². The van der Waals surface area contributed by atoms with Gasteiger partial charge in [-0.3, -0.25) is 9.78 Å². The first kappa shape index (κ1) is 31.7. The summed E-state index contributed by atoms with van der Waals surface area (Å²) in [6.45, 7) is 17.5. The second-order valence-electron chi connectivity index (χ2n) is 14.7. The van der Waals surface area contributed by atoms with Crippen LogP contribution in [0.25, 0.3) is 11.1 Å². The Kier molecular flexibility index (Phi) is 8.31. The molecule has 0 spiro atoms. The van der Waals surface area contributed by atoms with Gasteiger partial charge in [0.1, 0.15) is 0 Å². The molecule has 45 heavy (non-hydrogen) atoms. The number of nitrogens with zero attached hydrogens (tertiary/aromatic N) is 4. The van der Waals surface area contributed by atoms with Crippen molar-refractivity contribution in [3.05, 3.63) is 56.8 Å². The Bertz CT molecular complexity index is 1640. The van der Waals surface area contributed by atoms with E-state index >= 15 is 0 Å². The van der Waals surface area contributed by atoms with Crippen molar-refractivity contribution in [1.82, 2.24) is 9.97 Å². The fourth-order valence-corrected chi connectivity index (χ4v) is 8.12. The molecule has 1 saturated heterocycles. The lowest BCUT2D eigenvalue weighted by molar-refractivity contribution is -0.160. The number of aliphatic carboxylic acids is 1. The van der Waals surface area contributed by atoms with Gasteiger partial charge in [-0.25, -0.2) is 9.78 Å².